The van der Waals surface area contributed by atoms with Crippen LogP contribution in [0.2, 0.25) is 0 Å². The lowest BCUT2D eigenvalue weighted by atomic mass is 10.00. The third-order valence-corrected chi connectivity index (χ3v) is 4.86. The number of imide groups is 1. The normalized spacial score (nSPS) is 19.5. The van der Waals surface area contributed by atoms with Crippen molar-refractivity contribution in [3.8, 4) is 0 Å². The summed E-state index contributed by atoms with van der Waals surface area (Å²) < 4.78 is 0. The van der Waals surface area contributed by atoms with Gasteiger partial charge in [0.25, 0.3) is 5.91 Å². The molecule has 2 rings (SSSR count). The summed E-state index contributed by atoms with van der Waals surface area (Å²) in [6, 6.07) is 0.216. The van der Waals surface area contributed by atoms with Crippen molar-refractivity contribution in [1.82, 2.24) is 15.6 Å². The van der Waals surface area contributed by atoms with Gasteiger partial charge in [0.15, 0.2) is 5.13 Å². The molecule has 0 aromatic carbocycles. The van der Waals surface area contributed by atoms with Crippen LogP contribution >= 0.6 is 11.3 Å². The van der Waals surface area contributed by atoms with E-state index < -0.39 is 5.54 Å². The quantitative estimate of drug-likeness (QED) is 0.805. The van der Waals surface area contributed by atoms with Gasteiger partial charge in [0.1, 0.15) is 12.1 Å². The molecule has 1 aromatic heterocycles. The number of carbonyl (C=O) groups excluding carboxylic acids is 2. The van der Waals surface area contributed by atoms with Crippen LogP contribution < -0.4 is 15.5 Å². The van der Waals surface area contributed by atoms with Crippen molar-refractivity contribution in [2.75, 3.05) is 18.0 Å². The molecule has 2 amide bonds. The van der Waals surface area contributed by atoms with E-state index in [1.807, 2.05) is 6.20 Å². The van der Waals surface area contributed by atoms with E-state index in [4.69, 9.17) is 0 Å². The average molecular weight is 310 g/mol. The van der Waals surface area contributed by atoms with Crippen molar-refractivity contribution in [2.45, 2.75) is 45.7 Å². The highest BCUT2D eigenvalue weighted by Crippen LogP contribution is 2.32. The van der Waals surface area contributed by atoms with Gasteiger partial charge in [0, 0.05) is 17.1 Å². The van der Waals surface area contributed by atoms with E-state index >= 15 is 0 Å². The summed E-state index contributed by atoms with van der Waals surface area (Å²) in [4.78, 5) is 30.9. The zero-order valence-corrected chi connectivity index (χ0v) is 13.7. The Labute approximate surface area is 128 Å². The lowest BCUT2D eigenvalue weighted by Crippen LogP contribution is -2.64. The van der Waals surface area contributed by atoms with Crippen molar-refractivity contribution in [1.29, 1.82) is 0 Å². The largest absolute Gasteiger partial charge is 0.325 e. The molecule has 0 radical (unpaired) electrons. The van der Waals surface area contributed by atoms with Crippen LogP contribution in [0.4, 0.5) is 5.13 Å². The Kier molecular flexibility index (Phi) is 4.63. The van der Waals surface area contributed by atoms with E-state index in [1.165, 1.54) is 11.3 Å². The van der Waals surface area contributed by atoms with Crippen LogP contribution in [0, 0.1) is 0 Å². The fraction of sp³-hybridized carbons (Fsp3) is 0.643. The number of aromatic nitrogens is 1. The fourth-order valence-corrected chi connectivity index (χ4v) is 3.24. The highest BCUT2D eigenvalue weighted by Gasteiger charge is 2.42. The number of nitrogens with zero attached hydrogens (tertiary/aromatic N) is 2. The van der Waals surface area contributed by atoms with Crippen LogP contribution in [-0.4, -0.2) is 35.4 Å². The number of rotatable bonds is 5. The van der Waals surface area contributed by atoms with Crippen LogP contribution in [0.3, 0.4) is 0 Å². The minimum absolute atomic E-state index is 0.155. The first-order valence-corrected chi connectivity index (χ1v) is 7.99. The summed E-state index contributed by atoms with van der Waals surface area (Å²) in [5, 5.41) is 6.49. The maximum absolute atomic E-state index is 12.0. The van der Waals surface area contributed by atoms with Crippen LogP contribution in [-0.2, 0) is 9.59 Å². The molecular formula is C14H22N4O2S. The topological polar surface area (TPSA) is 74.3 Å². The summed E-state index contributed by atoms with van der Waals surface area (Å²) in [6.07, 6.45) is 2.89. The predicted octanol–water partition coefficient (Wildman–Crippen LogP) is 1.45. The van der Waals surface area contributed by atoms with E-state index in [0.29, 0.717) is 5.13 Å². The minimum Gasteiger partial charge on any atom is -0.325 e. The highest BCUT2D eigenvalue weighted by molar-refractivity contribution is 7.15. The van der Waals surface area contributed by atoms with Crippen molar-refractivity contribution in [3.05, 3.63) is 11.1 Å². The Hall–Kier alpha value is -1.47. The summed E-state index contributed by atoms with van der Waals surface area (Å²) in [5.74, 6) is -0.569. The van der Waals surface area contributed by atoms with Gasteiger partial charge < -0.3 is 10.2 Å². The van der Waals surface area contributed by atoms with Crippen molar-refractivity contribution < 1.29 is 9.59 Å². The molecule has 1 fully saturated rings. The average Bonchev–Trinajstić information content (AvgIpc) is 2.90. The summed E-state index contributed by atoms with van der Waals surface area (Å²) in [6.45, 7) is 8.92. The van der Waals surface area contributed by atoms with Crippen LogP contribution in [0.15, 0.2) is 6.20 Å². The molecule has 1 unspecified atom stereocenters. The molecular weight excluding hydrogens is 288 g/mol. The molecule has 0 aliphatic carbocycles. The van der Waals surface area contributed by atoms with E-state index in [9.17, 15) is 9.59 Å². The zero-order valence-electron chi connectivity index (χ0n) is 12.9. The summed E-state index contributed by atoms with van der Waals surface area (Å²) >= 11 is 1.52. The van der Waals surface area contributed by atoms with Crippen LogP contribution in [0.5, 0.6) is 0 Å². The highest BCUT2D eigenvalue weighted by atomic mass is 32.1. The van der Waals surface area contributed by atoms with E-state index in [-0.39, 0.29) is 24.4 Å². The zero-order chi connectivity index (χ0) is 15.6. The van der Waals surface area contributed by atoms with E-state index in [0.717, 1.165) is 17.8 Å². The number of hydrogen-bond acceptors (Lipinski definition) is 6. The first-order valence-electron chi connectivity index (χ1n) is 7.17. The Morgan fingerprint density at radius 3 is 2.90 bits per heavy atom. The molecule has 1 atom stereocenters. The number of thiazole rings is 1. The van der Waals surface area contributed by atoms with Crippen molar-refractivity contribution in [3.63, 3.8) is 0 Å². The molecule has 0 spiro atoms. The van der Waals surface area contributed by atoms with Gasteiger partial charge in [-0.1, -0.05) is 6.92 Å². The summed E-state index contributed by atoms with van der Waals surface area (Å²) in [7, 11) is 0. The van der Waals surface area contributed by atoms with Gasteiger partial charge in [0.05, 0.1) is 0 Å². The molecule has 2 heterocycles. The number of carbonyl (C=O) groups is 2. The van der Waals surface area contributed by atoms with E-state index in [1.54, 1.807) is 18.7 Å². The van der Waals surface area contributed by atoms with Gasteiger partial charge in [-0.3, -0.25) is 14.9 Å². The molecule has 0 bridgehead atoms. The molecule has 7 heteroatoms. The maximum Gasteiger partial charge on any atom is 0.251 e. The van der Waals surface area contributed by atoms with Crippen molar-refractivity contribution >= 4 is 28.3 Å². The molecule has 1 aliphatic heterocycles. The Morgan fingerprint density at radius 2 is 2.24 bits per heavy atom. The first kappa shape index (κ1) is 15.9. The minimum atomic E-state index is -0.775. The smallest absolute Gasteiger partial charge is 0.251 e. The van der Waals surface area contributed by atoms with Gasteiger partial charge in [-0.15, -0.1) is 11.3 Å². The van der Waals surface area contributed by atoms with Gasteiger partial charge in [0.2, 0.25) is 5.91 Å². The third kappa shape index (κ3) is 3.24. The van der Waals surface area contributed by atoms with Gasteiger partial charge in [-0.2, -0.15) is 0 Å². The standard InChI is InChI=1S/C14H22N4O2S/c1-5-6-15-9(2)10-7-16-13(21-10)18-8-11(19)17-12(20)14(18,3)4/h7,9,15H,5-6,8H2,1-4H3,(H,17,19,20). The third-order valence-electron chi connectivity index (χ3n) is 3.65. The van der Waals surface area contributed by atoms with E-state index in [2.05, 4.69) is 29.5 Å². The second kappa shape index (κ2) is 6.11. The number of nitrogens with one attached hydrogen (secondary N) is 2. The number of piperazine rings is 1. The van der Waals surface area contributed by atoms with Crippen LogP contribution in [0.1, 0.15) is 45.0 Å². The second-order valence-corrected chi connectivity index (χ2v) is 6.78. The maximum atomic E-state index is 12.0. The van der Waals surface area contributed by atoms with Crippen LogP contribution in [0.25, 0.3) is 0 Å². The summed E-state index contributed by atoms with van der Waals surface area (Å²) in [5.41, 5.74) is -0.775. The molecule has 1 aromatic rings. The second-order valence-electron chi connectivity index (χ2n) is 5.74. The molecule has 1 aliphatic rings. The van der Waals surface area contributed by atoms with Gasteiger partial charge in [-0.05, 0) is 33.7 Å². The Morgan fingerprint density at radius 1 is 1.52 bits per heavy atom. The van der Waals surface area contributed by atoms with Gasteiger partial charge >= 0.3 is 0 Å². The molecule has 6 nitrogen and oxygen atoms in total. The van der Waals surface area contributed by atoms with Gasteiger partial charge in [-0.25, -0.2) is 4.98 Å². The molecule has 1 saturated heterocycles. The van der Waals surface area contributed by atoms with Crippen molar-refractivity contribution in [2.24, 2.45) is 0 Å². The monoisotopic (exact) mass is 310 g/mol. The SMILES string of the molecule is CCCNC(C)c1cnc(N2CC(=O)NC(=O)C2(C)C)s1. The molecule has 116 valence electrons. The molecule has 21 heavy (non-hydrogen) atoms. The number of anilines is 1. The fourth-order valence-electron chi connectivity index (χ4n) is 2.15. The lowest BCUT2D eigenvalue weighted by Gasteiger charge is -2.39. The number of hydrogen-bond donors (Lipinski definition) is 2. The predicted molar refractivity (Wildman–Crippen MR) is 83.4 cm³/mol. The first-order chi connectivity index (χ1) is 9.86. The Balaban J connectivity index is 2.19. The molecule has 2 N–H and O–H groups in total. The Bertz CT molecular complexity index is 541. The number of amides is 2. The molecule has 0 saturated carbocycles. The lowest BCUT2D eigenvalue weighted by molar-refractivity contribution is -0.135.